The zero-order valence-corrected chi connectivity index (χ0v) is 21.0. The molecule has 0 unspecified atom stereocenters. The zero-order valence-electron chi connectivity index (χ0n) is 20.3. The summed E-state index contributed by atoms with van der Waals surface area (Å²) in [7, 11) is 3.66. The van der Waals surface area contributed by atoms with Gasteiger partial charge in [-0.15, -0.1) is 0 Å². The van der Waals surface area contributed by atoms with E-state index < -0.39 is 11.4 Å². The van der Waals surface area contributed by atoms with Crippen molar-refractivity contribution in [1.82, 2.24) is 9.55 Å². The van der Waals surface area contributed by atoms with Gasteiger partial charge >= 0.3 is 5.97 Å². The van der Waals surface area contributed by atoms with Gasteiger partial charge in [-0.1, -0.05) is 55.3 Å². The Bertz CT molecular complexity index is 1140. The number of amides is 1. The van der Waals surface area contributed by atoms with Crippen LogP contribution in [0.25, 0.3) is 5.69 Å². The molecule has 0 spiro atoms. The lowest BCUT2D eigenvalue weighted by Crippen LogP contribution is -2.35. The Morgan fingerprint density at radius 3 is 2.32 bits per heavy atom. The number of unbranched alkanes of at least 4 members (excludes halogenated alkanes) is 1. The van der Waals surface area contributed by atoms with Gasteiger partial charge in [0.2, 0.25) is 11.9 Å². The van der Waals surface area contributed by atoms with E-state index in [0.717, 1.165) is 24.1 Å². The molecule has 1 amide bonds. The molecule has 7 nitrogen and oxygen atoms in total. The summed E-state index contributed by atoms with van der Waals surface area (Å²) < 4.78 is 7.25. The summed E-state index contributed by atoms with van der Waals surface area (Å²) in [6.45, 7) is 5.94. The Hall–Kier alpha value is -3.32. The monoisotopic (exact) mass is 482 g/mol. The van der Waals surface area contributed by atoms with Crippen LogP contribution in [0, 0.1) is 0 Å². The highest BCUT2D eigenvalue weighted by molar-refractivity contribution is 6.30. The molecule has 3 rings (SSSR count). The van der Waals surface area contributed by atoms with Crippen molar-refractivity contribution in [1.29, 1.82) is 0 Å². The number of carbonyl (C=O) groups is 2. The van der Waals surface area contributed by atoms with E-state index in [0.29, 0.717) is 11.0 Å². The van der Waals surface area contributed by atoms with E-state index in [9.17, 15) is 9.59 Å². The molecule has 1 heterocycles. The summed E-state index contributed by atoms with van der Waals surface area (Å²) in [5.41, 5.74) is 0.796. The van der Waals surface area contributed by atoms with E-state index in [-0.39, 0.29) is 24.0 Å². The second-order valence-corrected chi connectivity index (χ2v) is 9.19. The van der Waals surface area contributed by atoms with Crippen LogP contribution in [0.3, 0.4) is 0 Å². The van der Waals surface area contributed by atoms with Gasteiger partial charge in [0.25, 0.3) is 0 Å². The number of halogens is 1. The molecule has 0 aliphatic heterocycles. The average Bonchev–Trinajstić information content (AvgIpc) is 3.19. The lowest BCUT2D eigenvalue weighted by atomic mass is 9.84. The Morgan fingerprint density at radius 1 is 1.09 bits per heavy atom. The van der Waals surface area contributed by atoms with Crippen LogP contribution < -0.4 is 10.2 Å². The maximum absolute atomic E-state index is 13.4. The van der Waals surface area contributed by atoms with Crippen LogP contribution in [0.5, 0.6) is 0 Å². The SMILES string of the molecule is CCCCOC(=O)c1c(NC(=O)C(C)(C)c2ccc(Cl)cc2)nc(N(C)C)n1-c1ccccc1. The third-order valence-corrected chi connectivity index (χ3v) is 5.82. The quantitative estimate of drug-likeness (QED) is 0.323. The van der Waals surface area contributed by atoms with Crippen LogP contribution in [0.1, 0.15) is 49.7 Å². The van der Waals surface area contributed by atoms with Gasteiger partial charge in [0, 0.05) is 24.8 Å². The molecule has 0 aliphatic carbocycles. The minimum Gasteiger partial charge on any atom is -0.461 e. The highest BCUT2D eigenvalue weighted by atomic mass is 35.5. The number of benzene rings is 2. The first-order valence-corrected chi connectivity index (χ1v) is 11.6. The van der Waals surface area contributed by atoms with Crippen LogP contribution >= 0.6 is 11.6 Å². The first kappa shape index (κ1) is 25.3. The fourth-order valence-electron chi connectivity index (χ4n) is 3.44. The second kappa shape index (κ2) is 10.7. The number of hydrogen-bond acceptors (Lipinski definition) is 5. The lowest BCUT2D eigenvalue weighted by molar-refractivity contribution is -0.120. The Morgan fingerprint density at radius 2 is 1.74 bits per heavy atom. The summed E-state index contributed by atoms with van der Waals surface area (Å²) in [6.07, 6.45) is 1.64. The summed E-state index contributed by atoms with van der Waals surface area (Å²) in [5.74, 6) is -0.202. The Balaban J connectivity index is 2.07. The van der Waals surface area contributed by atoms with E-state index in [1.807, 2.05) is 77.3 Å². The summed E-state index contributed by atoms with van der Waals surface area (Å²) >= 11 is 6.02. The lowest BCUT2D eigenvalue weighted by Gasteiger charge is -2.24. The van der Waals surface area contributed by atoms with E-state index in [1.54, 1.807) is 21.6 Å². The molecule has 0 saturated carbocycles. The molecule has 3 aromatic rings. The van der Waals surface area contributed by atoms with Crippen molar-refractivity contribution in [2.24, 2.45) is 0 Å². The number of carbonyl (C=O) groups excluding carboxylic acids is 2. The van der Waals surface area contributed by atoms with Gasteiger partial charge in [0.15, 0.2) is 11.5 Å². The maximum Gasteiger partial charge on any atom is 0.359 e. The molecule has 180 valence electrons. The van der Waals surface area contributed by atoms with E-state index in [4.69, 9.17) is 16.3 Å². The molecule has 0 bridgehead atoms. The summed E-state index contributed by atoms with van der Waals surface area (Å²) in [6, 6.07) is 16.5. The number of nitrogens with zero attached hydrogens (tertiary/aromatic N) is 3. The van der Waals surface area contributed by atoms with Crippen LogP contribution in [0.2, 0.25) is 5.02 Å². The normalized spacial score (nSPS) is 11.2. The Kier molecular flexibility index (Phi) is 7.99. The number of nitrogens with one attached hydrogen (secondary N) is 1. The highest BCUT2D eigenvalue weighted by Crippen LogP contribution is 2.31. The number of anilines is 2. The highest BCUT2D eigenvalue weighted by Gasteiger charge is 2.34. The standard InChI is InChI=1S/C26H31ClN4O3/c1-6-7-17-34-23(32)21-22(28-24(33)26(2,3)18-13-15-19(27)16-14-18)29-25(30(4)5)31(21)20-11-9-8-10-12-20/h8-16H,6-7,17H2,1-5H3,(H,28,33). The van der Waals surface area contributed by atoms with Crippen molar-refractivity contribution >= 4 is 35.2 Å². The molecule has 8 heteroatoms. The largest absolute Gasteiger partial charge is 0.461 e. The smallest absolute Gasteiger partial charge is 0.359 e. The number of rotatable bonds is 9. The molecular formula is C26H31ClN4O3. The van der Waals surface area contributed by atoms with Crippen LogP contribution in [0.4, 0.5) is 11.8 Å². The minimum atomic E-state index is -0.900. The predicted molar refractivity (Wildman–Crippen MR) is 136 cm³/mol. The van der Waals surface area contributed by atoms with Gasteiger partial charge in [-0.3, -0.25) is 9.36 Å². The molecule has 0 radical (unpaired) electrons. The molecule has 0 aliphatic rings. The molecule has 0 atom stereocenters. The van der Waals surface area contributed by atoms with Crippen molar-refractivity contribution in [2.75, 3.05) is 30.9 Å². The van der Waals surface area contributed by atoms with E-state index >= 15 is 0 Å². The third-order valence-electron chi connectivity index (χ3n) is 5.56. The number of para-hydroxylation sites is 1. The van der Waals surface area contributed by atoms with Crippen molar-refractivity contribution in [3.63, 3.8) is 0 Å². The number of aromatic nitrogens is 2. The average molecular weight is 483 g/mol. The predicted octanol–water partition coefficient (Wildman–Crippen LogP) is 5.46. The van der Waals surface area contributed by atoms with Crippen molar-refractivity contribution in [3.05, 3.63) is 70.9 Å². The third kappa shape index (κ3) is 5.42. The van der Waals surface area contributed by atoms with Gasteiger partial charge in [0.05, 0.1) is 12.0 Å². The van der Waals surface area contributed by atoms with Crippen molar-refractivity contribution < 1.29 is 14.3 Å². The number of esters is 1. The molecule has 0 fully saturated rings. The topological polar surface area (TPSA) is 76.5 Å². The molecule has 1 aromatic heterocycles. The van der Waals surface area contributed by atoms with Crippen LogP contribution in [0.15, 0.2) is 54.6 Å². The van der Waals surface area contributed by atoms with Gasteiger partial charge in [0.1, 0.15) is 0 Å². The van der Waals surface area contributed by atoms with Gasteiger partial charge < -0.3 is 15.0 Å². The Labute approximate surface area is 205 Å². The van der Waals surface area contributed by atoms with Crippen molar-refractivity contribution in [2.45, 2.75) is 39.0 Å². The van der Waals surface area contributed by atoms with Gasteiger partial charge in [-0.2, -0.15) is 4.98 Å². The van der Waals surface area contributed by atoms with E-state index in [2.05, 4.69) is 10.3 Å². The summed E-state index contributed by atoms with van der Waals surface area (Å²) in [5, 5.41) is 3.48. The number of imidazole rings is 1. The van der Waals surface area contributed by atoms with Gasteiger partial charge in [-0.25, -0.2) is 4.79 Å². The van der Waals surface area contributed by atoms with E-state index in [1.165, 1.54) is 0 Å². The first-order valence-electron chi connectivity index (χ1n) is 11.3. The molecule has 2 aromatic carbocycles. The number of hydrogen-bond donors (Lipinski definition) is 1. The minimum absolute atomic E-state index is 0.154. The van der Waals surface area contributed by atoms with Crippen LogP contribution in [-0.2, 0) is 14.9 Å². The van der Waals surface area contributed by atoms with Crippen molar-refractivity contribution in [3.8, 4) is 5.69 Å². The molecule has 0 saturated heterocycles. The zero-order chi connectivity index (χ0) is 24.9. The number of ether oxygens (including phenoxy) is 1. The maximum atomic E-state index is 13.4. The summed E-state index contributed by atoms with van der Waals surface area (Å²) in [4.78, 5) is 33.1. The van der Waals surface area contributed by atoms with Gasteiger partial charge in [-0.05, 0) is 50.1 Å². The fraction of sp³-hybridized carbons (Fsp3) is 0.346. The molecular weight excluding hydrogens is 452 g/mol. The van der Waals surface area contributed by atoms with Crippen LogP contribution in [-0.4, -0.2) is 42.1 Å². The fourth-order valence-corrected chi connectivity index (χ4v) is 3.57. The molecule has 34 heavy (non-hydrogen) atoms. The molecule has 1 N–H and O–H groups in total. The second-order valence-electron chi connectivity index (χ2n) is 8.75. The first-order chi connectivity index (χ1) is 16.2.